The number of phenols is 1. The Hall–Kier alpha value is -3.70. The van der Waals surface area contributed by atoms with Gasteiger partial charge >= 0.3 is 5.97 Å². The van der Waals surface area contributed by atoms with E-state index in [1.165, 1.54) is 25.1 Å². The molecule has 0 aliphatic heterocycles. The number of aliphatic hydroxyl groups is 3. The Kier molecular flexibility index (Phi) is 6.20. The van der Waals surface area contributed by atoms with Gasteiger partial charge in [-0.15, -0.1) is 0 Å². The summed E-state index contributed by atoms with van der Waals surface area (Å²) in [7, 11) is 2.94. The molecular weight excluding hydrogens is 484 g/mol. The third-order valence-electron chi connectivity index (χ3n) is 7.69. The molecule has 0 bridgehead atoms. The molecule has 198 valence electrons. The molecule has 1 aromatic carbocycles. The second kappa shape index (κ2) is 8.70. The van der Waals surface area contributed by atoms with E-state index >= 15 is 0 Å². The number of aliphatic hydroxyl groups excluding tert-OH is 2. The summed E-state index contributed by atoms with van der Waals surface area (Å²) in [6.07, 6.45) is -1.41. The van der Waals surface area contributed by atoms with Gasteiger partial charge in [0.25, 0.3) is 5.91 Å². The molecule has 6 N–H and O–H groups in total. The minimum Gasteiger partial charge on any atom is -0.508 e. The van der Waals surface area contributed by atoms with Crippen molar-refractivity contribution in [3.05, 3.63) is 46.2 Å². The molecule has 6 atom stereocenters. The van der Waals surface area contributed by atoms with Crippen molar-refractivity contribution in [1.29, 1.82) is 0 Å². The van der Waals surface area contributed by atoms with Gasteiger partial charge in [-0.2, -0.15) is 0 Å². The van der Waals surface area contributed by atoms with Gasteiger partial charge in [0.05, 0.1) is 23.4 Å². The predicted molar refractivity (Wildman–Crippen MR) is 129 cm³/mol. The number of esters is 1. The van der Waals surface area contributed by atoms with Gasteiger partial charge in [-0.1, -0.05) is 32.9 Å². The molecule has 37 heavy (non-hydrogen) atoms. The highest BCUT2D eigenvalue weighted by atomic mass is 16.5. The Labute approximate surface area is 212 Å². The summed E-state index contributed by atoms with van der Waals surface area (Å²) in [5.74, 6) is -10.3. The van der Waals surface area contributed by atoms with E-state index in [2.05, 4.69) is 0 Å². The number of fused-ring (bicyclic) bond motifs is 3. The molecule has 3 aliphatic carbocycles. The predicted octanol–water partition coefficient (Wildman–Crippen LogP) is 0.703. The van der Waals surface area contributed by atoms with Crippen LogP contribution in [0.4, 0.5) is 0 Å². The number of carbonyl (C=O) groups is 4. The quantitative estimate of drug-likeness (QED) is 0.283. The number of rotatable bonds is 4. The van der Waals surface area contributed by atoms with Crippen LogP contribution in [0, 0.1) is 17.8 Å². The van der Waals surface area contributed by atoms with Crippen LogP contribution in [0.5, 0.6) is 5.75 Å². The fraction of sp³-hybridized carbons (Fsp3) is 0.462. The zero-order chi connectivity index (χ0) is 27.7. The lowest BCUT2D eigenvalue weighted by molar-refractivity contribution is -0.187. The molecule has 0 spiro atoms. The molecule has 11 heteroatoms. The van der Waals surface area contributed by atoms with Gasteiger partial charge in [0, 0.05) is 11.5 Å². The normalized spacial score (nSPS) is 31.3. The van der Waals surface area contributed by atoms with Gasteiger partial charge < -0.3 is 30.9 Å². The second-order valence-electron chi connectivity index (χ2n) is 10.4. The number of hydrogen-bond donors (Lipinski definition) is 5. The van der Waals surface area contributed by atoms with E-state index in [1.54, 1.807) is 32.9 Å². The number of ketones is 2. The van der Waals surface area contributed by atoms with Crippen molar-refractivity contribution in [2.24, 2.45) is 23.5 Å². The number of primary amides is 1. The Balaban J connectivity index is 2.11. The number of phenolic OH excluding ortho intramolecular Hbond substituents is 1. The van der Waals surface area contributed by atoms with Crippen LogP contribution < -0.4 is 5.73 Å². The zero-order valence-corrected chi connectivity index (χ0v) is 21.1. The first-order valence-corrected chi connectivity index (χ1v) is 11.8. The molecule has 0 unspecified atom stereocenters. The van der Waals surface area contributed by atoms with Gasteiger partial charge in [-0.05, 0) is 31.6 Å². The second-order valence-corrected chi connectivity index (χ2v) is 10.4. The highest BCUT2D eigenvalue weighted by Gasteiger charge is 2.69. The van der Waals surface area contributed by atoms with Gasteiger partial charge in [0.1, 0.15) is 28.9 Å². The van der Waals surface area contributed by atoms with Crippen LogP contribution in [0.2, 0.25) is 0 Å². The van der Waals surface area contributed by atoms with Crippen molar-refractivity contribution in [3.8, 4) is 5.75 Å². The van der Waals surface area contributed by atoms with Gasteiger partial charge in [-0.25, -0.2) is 0 Å². The minimum absolute atomic E-state index is 0.0415. The van der Waals surface area contributed by atoms with Crippen molar-refractivity contribution < 1.29 is 44.3 Å². The molecule has 11 nitrogen and oxygen atoms in total. The van der Waals surface area contributed by atoms with Crippen LogP contribution in [-0.2, 0) is 23.9 Å². The molecule has 1 aromatic rings. The highest BCUT2D eigenvalue weighted by molar-refractivity contribution is 6.24. The number of carbonyl (C=O) groups excluding carboxylic acids is 4. The number of hydrogen-bond acceptors (Lipinski definition) is 10. The number of Topliss-reactive ketones (excluding diaryl/α,β-unsaturated/α-hetero) is 2. The maximum Gasteiger partial charge on any atom is 0.308 e. The summed E-state index contributed by atoms with van der Waals surface area (Å²) < 4.78 is 5.85. The molecule has 1 saturated carbocycles. The number of nitrogens with two attached hydrogens (primary N) is 1. The van der Waals surface area contributed by atoms with E-state index in [4.69, 9.17) is 10.5 Å². The minimum atomic E-state index is -2.95. The SMILES string of the molecule is CC(C)C(=O)O[C@@H]1[C@@H]2C(=C(O)c3c(O)cccc3[C@H]2C)C(=O)[C@]2(O)C(O)=C(C(N)=O)C(=O)[C@H](N(C)C)[C@@H]12. The van der Waals surface area contributed by atoms with E-state index in [9.17, 15) is 39.6 Å². The Morgan fingerprint density at radius 2 is 1.76 bits per heavy atom. The number of ether oxygens (including phenoxy) is 1. The number of nitrogens with zero attached hydrogens (tertiary/aromatic N) is 1. The first-order chi connectivity index (χ1) is 17.2. The summed E-state index contributed by atoms with van der Waals surface area (Å²) >= 11 is 0. The summed E-state index contributed by atoms with van der Waals surface area (Å²) in [4.78, 5) is 53.9. The van der Waals surface area contributed by atoms with Crippen LogP contribution in [0.25, 0.3) is 5.76 Å². The van der Waals surface area contributed by atoms with Gasteiger partial charge in [0.2, 0.25) is 5.78 Å². The fourth-order valence-corrected chi connectivity index (χ4v) is 5.96. The lowest BCUT2D eigenvalue weighted by atomic mass is 9.54. The number of amides is 1. The van der Waals surface area contributed by atoms with Crippen molar-refractivity contribution in [2.75, 3.05) is 14.1 Å². The molecule has 0 heterocycles. The maximum atomic E-state index is 14.0. The van der Waals surface area contributed by atoms with E-state index in [-0.39, 0.29) is 11.3 Å². The highest BCUT2D eigenvalue weighted by Crippen LogP contribution is 2.56. The molecule has 1 fully saturated rings. The molecular formula is C26H30N2O9. The lowest BCUT2D eigenvalue weighted by Crippen LogP contribution is -2.71. The largest absolute Gasteiger partial charge is 0.508 e. The Morgan fingerprint density at radius 3 is 2.30 bits per heavy atom. The van der Waals surface area contributed by atoms with E-state index in [0.29, 0.717) is 5.56 Å². The third-order valence-corrected chi connectivity index (χ3v) is 7.69. The van der Waals surface area contributed by atoms with Crippen molar-refractivity contribution >= 4 is 29.2 Å². The molecule has 0 saturated heterocycles. The average Bonchev–Trinajstić information content (AvgIpc) is 2.80. The Bertz CT molecular complexity index is 1290. The average molecular weight is 515 g/mol. The molecule has 3 aliphatic rings. The Morgan fingerprint density at radius 1 is 1.14 bits per heavy atom. The van der Waals surface area contributed by atoms with E-state index < -0.39 is 87.5 Å². The first kappa shape index (κ1) is 26.4. The standard InChI is InChI=1S/C26H30N2O9/c1-9(2)25(35)37-21-13-10(3)11-7-6-8-12(29)14(11)19(30)15(13)22(32)26(36)17(21)18(28(4)5)20(31)16(23(26)33)24(27)34/h6-10,13,17-18,21,29-30,33,36H,1-5H3,(H2,27,34)/t10-,13+,17+,18-,21-,26+/m1/s1. The topological polar surface area (TPSA) is 188 Å². The molecule has 0 radical (unpaired) electrons. The van der Waals surface area contributed by atoms with Gasteiger partial charge in [-0.3, -0.25) is 24.1 Å². The number of likely N-dealkylation sites (N-methyl/N-ethyl adjacent to an activating group) is 1. The molecule has 0 aromatic heterocycles. The fourth-order valence-electron chi connectivity index (χ4n) is 5.96. The van der Waals surface area contributed by atoms with Crippen molar-refractivity contribution in [2.45, 2.75) is 44.4 Å². The summed E-state index contributed by atoms with van der Waals surface area (Å²) in [6.45, 7) is 4.85. The van der Waals surface area contributed by atoms with Crippen LogP contribution in [-0.4, -0.2) is 80.6 Å². The zero-order valence-electron chi connectivity index (χ0n) is 21.1. The molecule has 4 rings (SSSR count). The van der Waals surface area contributed by atoms with Crippen LogP contribution >= 0.6 is 0 Å². The smallest absolute Gasteiger partial charge is 0.308 e. The van der Waals surface area contributed by atoms with E-state index in [0.717, 1.165) is 0 Å². The van der Waals surface area contributed by atoms with E-state index in [1.807, 2.05) is 0 Å². The van der Waals surface area contributed by atoms with Gasteiger partial charge in [0.15, 0.2) is 11.4 Å². The summed E-state index contributed by atoms with van der Waals surface area (Å²) in [5.41, 5.74) is 1.47. The summed E-state index contributed by atoms with van der Waals surface area (Å²) in [6, 6.07) is 3.10. The van der Waals surface area contributed by atoms with Crippen molar-refractivity contribution in [1.82, 2.24) is 4.90 Å². The van der Waals surface area contributed by atoms with Crippen molar-refractivity contribution in [3.63, 3.8) is 0 Å². The monoisotopic (exact) mass is 514 g/mol. The molecule has 1 amide bonds. The third kappa shape index (κ3) is 3.48. The maximum absolute atomic E-state index is 14.0. The summed E-state index contributed by atoms with van der Waals surface area (Å²) in [5, 5.41) is 44.7. The van der Waals surface area contributed by atoms with Crippen LogP contribution in [0.3, 0.4) is 0 Å². The van der Waals surface area contributed by atoms with Crippen LogP contribution in [0.15, 0.2) is 35.1 Å². The number of aromatic hydroxyl groups is 1. The first-order valence-electron chi connectivity index (χ1n) is 11.8. The number of benzene rings is 1. The lowest BCUT2D eigenvalue weighted by Gasteiger charge is -2.54. The van der Waals surface area contributed by atoms with Crippen LogP contribution in [0.1, 0.15) is 37.8 Å².